The molecule has 4 aromatic rings. The molecule has 8 atom stereocenters. The average molecular weight is 914 g/mol. The number of nitrogens with zero attached hydrogens (tertiary/aromatic N) is 1. The number of fused-ring (bicyclic) bond motifs is 1. The van der Waals surface area contributed by atoms with Gasteiger partial charge in [-0.3, -0.25) is 38.6 Å². The average Bonchev–Trinajstić information content (AvgIpc) is 3.68. The van der Waals surface area contributed by atoms with Gasteiger partial charge in [-0.25, -0.2) is 0 Å². The number of rotatable bonds is 24. The van der Waals surface area contributed by atoms with Crippen molar-refractivity contribution >= 4 is 58.3 Å². The summed E-state index contributed by atoms with van der Waals surface area (Å²) in [4.78, 5) is 102. The van der Waals surface area contributed by atoms with Gasteiger partial charge in [-0.15, -0.1) is 0 Å². The highest BCUT2D eigenvalue weighted by Crippen LogP contribution is 2.20. The maximum absolute atomic E-state index is 14.4. The van der Waals surface area contributed by atoms with E-state index < -0.39 is 89.8 Å². The van der Waals surface area contributed by atoms with Gasteiger partial charge in [-0.05, 0) is 68.5 Å². The zero-order valence-corrected chi connectivity index (χ0v) is 36.8. The van der Waals surface area contributed by atoms with Gasteiger partial charge < -0.3 is 69.4 Å². The Morgan fingerprint density at radius 3 is 1.74 bits per heavy atom. The third-order valence-electron chi connectivity index (χ3n) is 10.4. The van der Waals surface area contributed by atoms with Gasteiger partial charge in [0, 0.05) is 42.9 Å². The summed E-state index contributed by atoms with van der Waals surface area (Å²) in [5.41, 5.74) is 19.3. The number of carboxylic acids is 1. The van der Waals surface area contributed by atoms with Crippen LogP contribution in [0.15, 0.2) is 90.1 Å². The number of aliphatic hydroxyl groups excluding tert-OH is 1. The number of carbonyl (C=O) groups is 7. The van der Waals surface area contributed by atoms with Crippen molar-refractivity contribution in [2.24, 2.45) is 22.2 Å². The molecule has 0 spiro atoms. The quantitative estimate of drug-likeness (QED) is 0.0221. The van der Waals surface area contributed by atoms with E-state index in [1.165, 1.54) is 45.0 Å². The minimum atomic E-state index is -1.66. The van der Waals surface area contributed by atoms with Crippen LogP contribution in [0.3, 0.4) is 0 Å². The molecule has 0 bridgehead atoms. The lowest BCUT2D eigenvalue weighted by Crippen LogP contribution is -2.62. The molecule has 0 aliphatic carbocycles. The van der Waals surface area contributed by atoms with Crippen molar-refractivity contribution in [3.8, 4) is 5.75 Å². The Hall–Kier alpha value is -7.52. The van der Waals surface area contributed by atoms with E-state index in [0.29, 0.717) is 16.7 Å². The molecule has 21 heteroatoms. The highest BCUT2D eigenvalue weighted by atomic mass is 16.4. The minimum absolute atomic E-state index is 0.00499. The molecule has 3 aromatic carbocycles. The summed E-state index contributed by atoms with van der Waals surface area (Å²) in [5.74, 6) is -6.65. The fourth-order valence-corrected chi connectivity index (χ4v) is 6.78. The predicted octanol–water partition coefficient (Wildman–Crippen LogP) is -1.30. The molecule has 0 aliphatic rings. The van der Waals surface area contributed by atoms with E-state index in [1.54, 1.807) is 54.7 Å². The normalized spacial score (nSPS) is 14.7. The molecule has 0 radical (unpaired) electrons. The van der Waals surface area contributed by atoms with Crippen LogP contribution in [0.5, 0.6) is 5.75 Å². The molecule has 0 saturated heterocycles. The summed E-state index contributed by atoms with van der Waals surface area (Å²) < 4.78 is 0. The summed E-state index contributed by atoms with van der Waals surface area (Å²) >= 11 is 0. The first-order chi connectivity index (χ1) is 31.3. The molecule has 1 aromatic heterocycles. The fraction of sp³-hybridized carbons (Fsp3) is 0.378. The standard InChI is InChI=1S/C45H59N11O10/c1-24(46)38(59)53-35(20-27-10-5-4-6-11-27)42(63)56-37(26(3)57)43(64)52-33(14-9-19-49-45(47)48)39(60)55-36(22-29-23-50-32-13-8-7-12-31(29)32)41(62)54-34(40(61)51-25(2)44(65)66)21-28-15-17-30(58)18-16-28/h4-8,10-13,15-18,23-26,33-37,50,57-58H,9,14,19-22,46H2,1-3H3,(H,51,61)(H,52,64)(H,53,59)(H,54,62)(H,55,60)(H,56,63)(H,65,66)(H4,47,48,49)/t24-,25-,26+,33-,34-,35-,36-,37-/m0/s1. The molecule has 0 saturated carbocycles. The van der Waals surface area contributed by atoms with Crippen LogP contribution in [0, 0.1) is 0 Å². The summed E-state index contributed by atoms with van der Waals surface area (Å²) in [6, 6.07) is 12.3. The molecule has 354 valence electrons. The van der Waals surface area contributed by atoms with Crippen molar-refractivity contribution in [2.75, 3.05) is 6.54 Å². The fourth-order valence-electron chi connectivity index (χ4n) is 6.78. The number of aromatic hydroxyl groups is 1. The molecule has 21 nitrogen and oxygen atoms in total. The zero-order chi connectivity index (χ0) is 48.5. The summed E-state index contributed by atoms with van der Waals surface area (Å²) in [5, 5.41) is 46.2. The molecular weight excluding hydrogens is 855 g/mol. The molecule has 0 unspecified atom stereocenters. The number of aromatic nitrogens is 1. The van der Waals surface area contributed by atoms with Crippen LogP contribution in [0.25, 0.3) is 10.9 Å². The van der Waals surface area contributed by atoms with Gasteiger partial charge >= 0.3 is 5.97 Å². The number of benzene rings is 3. The minimum Gasteiger partial charge on any atom is -0.508 e. The molecule has 16 N–H and O–H groups in total. The first-order valence-corrected chi connectivity index (χ1v) is 21.2. The number of hydrogen-bond acceptors (Lipinski definition) is 11. The Kier molecular flexibility index (Phi) is 19.0. The first kappa shape index (κ1) is 51.1. The number of phenols is 1. The van der Waals surface area contributed by atoms with Gasteiger partial charge in [0.05, 0.1) is 12.1 Å². The Balaban J connectivity index is 1.65. The van der Waals surface area contributed by atoms with Crippen molar-refractivity contribution in [1.82, 2.24) is 36.9 Å². The third kappa shape index (κ3) is 15.6. The maximum atomic E-state index is 14.4. The zero-order valence-electron chi connectivity index (χ0n) is 36.8. The second-order valence-corrected chi connectivity index (χ2v) is 15.9. The van der Waals surface area contributed by atoms with Crippen molar-refractivity contribution in [2.45, 2.75) is 101 Å². The van der Waals surface area contributed by atoms with Crippen molar-refractivity contribution in [1.29, 1.82) is 0 Å². The molecule has 4 rings (SSSR count). The number of aliphatic hydroxyl groups is 1. The number of amides is 6. The van der Waals surface area contributed by atoms with Crippen LogP contribution in [-0.4, -0.2) is 123 Å². The van der Waals surface area contributed by atoms with E-state index in [9.17, 15) is 48.9 Å². The molecular formula is C45H59N11O10. The molecule has 1 heterocycles. The number of nitrogens with one attached hydrogen (secondary N) is 7. The summed E-state index contributed by atoms with van der Waals surface area (Å²) in [6.45, 7) is 3.95. The molecule has 6 amide bonds. The largest absolute Gasteiger partial charge is 0.508 e. The lowest BCUT2D eigenvalue weighted by Gasteiger charge is -2.28. The van der Waals surface area contributed by atoms with E-state index in [1.807, 2.05) is 6.07 Å². The summed E-state index contributed by atoms with van der Waals surface area (Å²) in [6.07, 6.45) is -0.145. The number of H-pyrrole nitrogens is 1. The second-order valence-electron chi connectivity index (χ2n) is 15.9. The van der Waals surface area contributed by atoms with E-state index >= 15 is 0 Å². The van der Waals surface area contributed by atoms with Crippen molar-refractivity contribution in [3.63, 3.8) is 0 Å². The monoisotopic (exact) mass is 913 g/mol. The number of phenolic OH excluding ortho intramolecular Hbond substituents is 1. The number of para-hydroxylation sites is 1. The van der Waals surface area contributed by atoms with Gasteiger partial charge in [0.15, 0.2) is 5.96 Å². The van der Waals surface area contributed by atoms with E-state index in [4.69, 9.17) is 17.2 Å². The van der Waals surface area contributed by atoms with Crippen LogP contribution in [-0.2, 0) is 52.8 Å². The number of guanidine groups is 1. The Labute approximate surface area is 380 Å². The molecule has 0 fully saturated rings. The van der Waals surface area contributed by atoms with Gasteiger partial charge in [0.1, 0.15) is 42.0 Å². The number of aliphatic carboxylic acids is 1. The lowest BCUT2D eigenvalue weighted by atomic mass is 10.0. The highest BCUT2D eigenvalue weighted by molar-refractivity contribution is 5.98. The topological polar surface area (TPSA) is 359 Å². The maximum Gasteiger partial charge on any atom is 0.325 e. The number of aliphatic imine (C=N–C) groups is 1. The Morgan fingerprint density at radius 2 is 1.15 bits per heavy atom. The van der Waals surface area contributed by atoms with E-state index in [-0.39, 0.29) is 50.4 Å². The van der Waals surface area contributed by atoms with Gasteiger partial charge in [0.2, 0.25) is 35.4 Å². The number of aromatic amines is 1. The summed E-state index contributed by atoms with van der Waals surface area (Å²) in [7, 11) is 0. The number of nitrogens with two attached hydrogens (primary N) is 3. The lowest BCUT2D eigenvalue weighted by molar-refractivity contribution is -0.141. The van der Waals surface area contributed by atoms with E-state index in [0.717, 1.165) is 10.9 Å². The highest BCUT2D eigenvalue weighted by Gasteiger charge is 2.35. The molecule has 0 aliphatic heterocycles. The van der Waals surface area contributed by atoms with Gasteiger partial charge in [-0.1, -0.05) is 60.7 Å². The predicted molar refractivity (Wildman–Crippen MR) is 244 cm³/mol. The van der Waals surface area contributed by atoms with Crippen LogP contribution >= 0.6 is 0 Å². The van der Waals surface area contributed by atoms with Crippen LogP contribution in [0.2, 0.25) is 0 Å². The smallest absolute Gasteiger partial charge is 0.325 e. The number of hydrogen-bond donors (Lipinski definition) is 13. The first-order valence-electron chi connectivity index (χ1n) is 21.2. The van der Waals surface area contributed by atoms with Crippen LogP contribution in [0.4, 0.5) is 0 Å². The van der Waals surface area contributed by atoms with Crippen molar-refractivity contribution < 1.29 is 48.9 Å². The van der Waals surface area contributed by atoms with Crippen molar-refractivity contribution in [3.05, 3.63) is 102 Å². The van der Waals surface area contributed by atoms with Crippen LogP contribution < -0.4 is 49.1 Å². The van der Waals surface area contributed by atoms with Crippen LogP contribution in [0.1, 0.15) is 50.3 Å². The van der Waals surface area contributed by atoms with Gasteiger partial charge in [-0.2, -0.15) is 0 Å². The number of carboxylic acid groups (broad SMARTS) is 1. The SMILES string of the molecule is C[C@H](N)C(=O)N[C@@H](Cc1ccccc1)C(=O)N[C@H](C(=O)N[C@@H](CCCN=C(N)N)C(=O)N[C@@H](Cc1c[nH]c2ccccc12)C(=O)N[C@@H](Cc1ccc(O)cc1)C(=O)N[C@@H](C)C(=O)O)[C@@H](C)O. The molecule has 66 heavy (non-hydrogen) atoms. The van der Waals surface area contributed by atoms with Gasteiger partial charge in [0.25, 0.3) is 0 Å². The van der Waals surface area contributed by atoms with E-state index in [2.05, 4.69) is 41.9 Å². The Morgan fingerprint density at radius 1 is 0.636 bits per heavy atom. The Bertz CT molecular complexity index is 2330. The number of carbonyl (C=O) groups excluding carboxylic acids is 6. The second kappa shape index (κ2) is 24.5. The third-order valence-corrected chi connectivity index (χ3v) is 10.4.